The van der Waals surface area contributed by atoms with E-state index in [0.29, 0.717) is 10.8 Å². The van der Waals surface area contributed by atoms with Crippen LogP contribution in [0.5, 0.6) is 0 Å². The zero-order valence-corrected chi connectivity index (χ0v) is 13.8. The molecule has 1 amide bonds. The predicted octanol–water partition coefficient (Wildman–Crippen LogP) is 2.84. The maximum absolute atomic E-state index is 12.0. The Morgan fingerprint density at radius 2 is 2.05 bits per heavy atom. The van der Waals surface area contributed by atoms with Crippen molar-refractivity contribution >= 4 is 44.6 Å². The van der Waals surface area contributed by atoms with Crippen LogP contribution in [0.2, 0.25) is 10.0 Å². The molecule has 1 aromatic carbocycles. The molecule has 118 valence electrons. The second-order valence-corrected chi connectivity index (χ2v) is 7.54. The molecule has 1 N–H and O–H groups in total. The van der Waals surface area contributed by atoms with Gasteiger partial charge in [-0.3, -0.25) is 4.79 Å². The minimum Gasteiger partial charge on any atom is -0.361 e. The quantitative estimate of drug-likeness (QED) is 0.882. The molecule has 0 aliphatic rings. The topological polar surface area (TPSA) is 89.3 Å². The molecule has 0 spiro atoms. The Morgan fingerprint density at radius 3 is 2.68 bits per heavy atom. The van der Waals surface area contributed by atoms with Crippen molar-refractivity contribution < 1.29 is 17.7 Å². The van der Waals surface area contributed by atoms with E-state index < -0.39 is 21.5 Å². The van der Waals surface area contributed by atoms with Gasteiger partial charge in [-0.1, -0.05) is 28.4 Å². The van der Waals surface area contributed by atoms with Crippen molar-refractivity contribution in [2.24, 2.45) is 0 Å². The van der Waals surface area contributed by atoms with Gasteiger partial charge < -0.3 is 9.84 Å². The van der Waals surface area contributed by atoms with Crippen molar-refractivity contribution in [2.45, 2.75) is 12.7 Å². The Morgan fingerprint density at radius 1 is 1.32 bits per heavy atom. The summed E-state index contributed by atoms with van der Waals surface area (Å²) < 4.78 is 28.7. The van der Waals surface area contributed by atoms with Gasteiger partial charge >= 0.3 is 0 Å². The van der Waals surface area contributed by atoms with Crippen LogP contribution < -0.4 is 5.32 Å². The smallest absolute Gasteiger partial charge is 0.239 e. The van der Waals surface area contributed by atoms with Crippen LogP contribution in [0.4, 0.5) is 5.69 Å². The van der Waals surface area contributed by atoms with Gasteiger partial charge in [0.15, 0.2) is 9.84 Å². The molecule has 0 aliphatic heterocycles. The maximum Gasteiger partial charge on any atom is 0.239 e. The van der Waals surface area contributed by atoms with Crippen molar-refractivity contribution in [2.75, 3.05) is 11.1 Å². The molecule has 0 radical (unpaired) electrons. The molecule has 1 heterocycles. The van der Waals surface area contributed by atoms with Crippen LogP contribution in [-0.4, -0.2) is 25.2 Å². The van der Waals surface area contributed by atoms with Gasteiger partial charge in [0.25, 0.3) is 0 Å². The number of anilines is 1. The zero-order valence-electron chi connectivity index (χ0n) is 11.5. The number of amides is 1. The van der Waals surface area contributed by atoms with E-state index in [1.54, 1.807) is 13.0 Å². The zero-order chi connectivity index (χ0) is 16.3. The number of rotatable bonds is 5. The SMILES string of the molecule is Cc1cc(CS(=O)(=O)CC(=O)Nc2cc(Cl)ccc2Cl)no1. The largest absolute Gasteiger partial charge is 0.361 e. The van der Waals surface area contributed by atoms with Gasteiger partial charge in [-0.15, -0.1) is 0 Å². The van der Waals surface area contributed by atoms with Crippen molar-refractivity contribution in [3.05, 3.63) is 45.8 Å². The summed E-state index contributed by atoms with van der Waals surface area (Å²) >= 11 is 11.7. The van der Waals surface area contributed by atoms with Crippen LogP contribution in [0, 0.1) is 6.92 Å². The average Bonchev–Trinajstić information content (AvgIpc) is 2.77. The Labute approximate surface area is 137 Å². The van der Waals surface area contributed by atoms with Crippen LogP contribution in [0.1, 0.15) is 11.5 Å². The van der Waals surface area contributed by atoms with E-state index in [1.807, 2.05) is 0 Å². The fourth-order valence-corrected chi connectivity index (χ4v) is 3.24. The van der Waals surface area contributed by atoms with Crippen LogP contribution in [-0.2, 0) is 20.4 Å². The predicted molar refractivity (Wildman–Crippen MR) is 83.8 cm³/mol. The highest BCUT2D eigenvalue weighted by Gasteiger charge is 2.20. The fraction of sp³-hybridized carbons (Fsp3) is 0.231. The number of hydrogen-bond acceptors (Lipinski definition) is 5. The molecule has 0 fully saturated rings. The van der Waals surface area contributed by atoms with Gasteiger partial charge in [0.2, 0.25) is 5.91 Å². The summed E-state index contributed by atoms with van der Waals surface area (Å²) in [7, 11) is -3.67. The molecule has 0 saturated heterocycles. The molecular formula is C13H12Cl2N2O4S. The lowest BCUT2D eigenvalue weighted by Gasteiger charge is -2.07. The van der Waals surface area contributed by atoms with E-state index in [9.17, 15) is 13.2 Å². The first-order chi connectivity index (χ1) is 10.2. The van der Waals surface area contributed by atoms with E-state index in [-0.39, 0.29) is 22.2 Å². The highest BCUT2D eigenvalue weighted by Crippen LogP contribution is 2.25. The minimum atomic E-state index is -3.67. The monoisotopic (exact) mass is 362 g/mol. The summed E-state index contributed by atoms with van der Waals surface area (Å²) in [4.78, 5) is 11.9. The Bertz CT molecular complexity index is 802. The number of carbonyl (C=O) groups is 1. The molecule has 0 aliphatic carbocycles. The van der Waals surface area contributed by atoms with E-state index >= 15 is 0 Å². The van der Waals surface area contributed by atoms with Gasteiger partial charge in [-0.2, -0.15) is 0 Å². The molecule has 2 rings (SSSR count). The summed E-state index contributed by atoms with van der Waals surface area (Å²) in [6, 6.07) is 6.01. The lowest BCUT2D eigenvalue weighted by Crippen LogP contribution is -2.24. The molecule has 9 heteroatoms. The second-order valence-electron chi connectivity index (χ2n) is 4.63. The third-order valence-corrected chi connectivity index (χ3v) is 4.60. The summed E-state index contributed by atoms with van der Waals surface area (Å²) in [5, 5.41) is 6.65. The number of nitrogens with zero attached hydrogens (tertiary/aromatic N) is 1. The van der Waals surface area contributed by atoms with Crippen molar-refractivity contribution in [3.8, 4) is 0 Å². The maximum atomic E-state index is 12.0. The Hall–Kier alpha value is -1.57. The molecule has 0 bridgehead atoms. The molecule has 6 nitrogen and oxygen atoms in total. The highest BCUT2D eigenvalue weighted by molar-refractivity contribution is 7.91. The van der Waals surface area contributed by atoms with E-state index in [4.69, 9.17) is 27.7 Å². The van der Waals surface area contributed by atoms with Crippen LogP contribution in [0.3, 0.4) is 0 Å². The van der Waals surface area contributed by atoms with Crippen molar-refractivity contribution in [1.29, 1.82) is 0 Å². The molecule has 22 heavy (non-hydrogen) atoms. The second kappa shape index (κ2) is 6.68. The third-order valence-electron chi connectivity index (χ3n) is 2.60. The van der Waals surface area contributed by atoms with E-state index in [2.05, 4.69) is 10.5 Å². The summed E-state index contributed by atoms with van der Waals surface area (Å²) in [6.07, 6.45) is 0. The van der Waals surface area contributed by atoms with E-state index in [1.165, 1.54) is 18.2 Å². The highest BCUT2D eigenvalue weighted by atomic mass is 35.5. The molecule has 0 unspecified atom stereocenters. The van der Waals surface area contributed by atoms with Crippen LogP contribution in [0.25, 0.3) is 0 Å². The number of sulfone groups is 1. The molecule has 2 aromatic rings. The van der Waals surface area contributed by atoms with Gasteiger partial charge in [0, 0.05) is 11.1 Å². The van der Waals surface area contributed by atoms with Gasteiger partial charge in [-0.05, 0) is 25.1 Å². The first-order valence-electron chi connectivity index (χ1n) is 6.13. The number of benzene rings is 1. The summed E-state index contributed by atoms with van der Waals surface area (Å²) in [5.74, 6) is -1.27. The Balaban J connectivity index is 2.03. The third kappa shape index (κ3) is 4.72. The molecule has 0 saturated carbocycles. The van der Waals surface area contributed by atoms with E-state index in [0.717, 1.165) is 0 Å². The molecule has 0 atom stereocenters. The lowest BCUT2D eigenvalue weighted by molar-refractivity contribution is -0.113. The van der Waals surface area contributed by atoms with Crippen LogP contribution >= 0.6 is 23.2 Å². The standard InChI is InChI=1S/C13H12Cl2N2O4S/c1-8-4-10(17-21-8)6-22(19,20)7-13(18)16-12-5-9(14)2-3-11(12)15/h2-5H,6-7H2,1H3,(H,16,18). The number of carbonyl (C=O) groups excluding carboxylic acids is 1. The Kier molecular flexibility index (Phi) is 5.10. The first-order valence-corrected chi connectivity index (χ1v) is 8.70. The molecule has 1 aromatic heterocycles. The number of aryl methyl sites for hydroxylation is 1. The van der Waals surface area contributed by atoms with Crippen LogP contribution in [0.15, 0.2) is 28.8 Å². The normalized spacial score (nSPS) is 11.4. The van der Waals surface area contributed by atoms with Crippen molar-refractivity contribution in [3.63, 3.8) is 0 Å². The first kappa shape index (κ1) is 16.8. The fourth-order valence-electron chi connectivity index (χ4n) is 1.74. The number of nitrogens with one attached hydrogen (secondary N) is 1. The average molecular weight is 363 g/mol. The number of aromatic nitrogens is 1. The van der Waals surface area contributed by atoms with Gasteiger partial charge in [0.05, 0.1) is 22.2 Å². The summed E-state index contributed by atoms with van der Waals surface area (Å²) in [5.41, 5.74) is 0.512. The molecular weight excluding hydrogens is 351 g/mol. The van der Waals surface area contributed by atoms with Gasteiger partial charge in [0.1, 0.15) is 11.5 Å². The lowest BCUT2D eigenvalue weighted by atomic mass is 10.3. The minimum absolute atomic E-state index is 0.256. The number of hydrogen-bond donors (Lipinski definition) is 1. The van der Waals surface area contributed by atoms with Crippen molar-refractivity contribution in [1.82, 2.24) is 5.16 Å². The summed E-state index contributed by atoms with van der Waals surface area (Å²) in [6.45, 7) is 1.65. The number of halogens is 2. The van der Waals surface area contributed by atoms with Gasteiger partial charge in [-0.25, -0.2) is 8.42 Å².